The third kappa shape index (κ3) is 8.21. The largest absolute Gasteiger partial charge is 0.465 e. The van der Waals surface area contributed by atoms with Crippen molar-refractivity contribution in [1.82, 2.24) is 0 Å². The number of esters is 2. The van der Waals surface area contributed by atoms with E-state index in [9.17, 15) is 19.8 Å². The van der Waals surface area contributed by atoms with Crippen molar-refractivity contribution in [3.63, 3.8) is 0 Å². The van der Waals surface area contributed by atoms with E-state index in [1.165, 1.54) is 0 Å². The van der Waals surface area contributed by atoms with Gasteiger partial charge in [-0.1, -0.05) is 24.3 Å². The van der Waals surface area contributed by atoms with Gasteiger partial charge in [-0.2, -0.15) is 0 Å². The van der Waals surface area contributed by atoms with Gasteiger partial charge in [-0.05, 0) is 86.2 Å². The summed E-state index contributed by atoms with van der Waals surface area (Å²) in [6, 6.07) is 7.47. The van der Waals surface area contributed by atoms with Crippen LogP contribution >= 0.6 is 0 Å². The molecule has 0 amide bonds. The SMILES string of the molecule is O=C(Cc1ccc(CC(=O)OCC2CCC(CO)CC2)cc1)OCC1CCC(CO)CC1. The van der Waals surface area contributed by atoms with Gasteiger partial charge in [0.15, 0.2) is 0 Å². The Bertz CT molecular complexity index is 639. The van der Waals surface area contributed by atoms with Crippen LogP contribution < -0.4 is 0 Å². The zero-order valence-electron chi connectivity index (χ0n) is 19.0. The Kier molecular flexibility index (Phi) is 10.0. The quantitative estimate of drug-likeness (QED) is 0.535. The van der Waals surface area contributed by atoms with Crippen molar-refractivity contribution in [1.29, 1.82) is 0 Å². The van der Waals surface area contributed by atoms with Crippen molar-refractivity contribution in [2.24, 2.45) is 23.7 Å². The summed E-state index contributed by atoms with van der Waals surface area (Å²) in [7, 11) is 0. The number of aliphatic hydroxyl groups excluding tert-OH is 2. The van der Waals surface area contributed by atoms with Gasteiger partial charge in [0, 0.05) is 13.2 Å². The van der Waals surface area contributed by atoms with Crippen LogP contribution in [0.15, 0.2) is 24.3 Å². The van der Waals surface area contributed by atoms with Gasteiger partial charge in [-0.25, -0.2) is 0 Å². The third-order valence-corrected chi connectivity index (χ3v) is 7.13. The van der Waals surface area contributed by atoms with E-state index in [0.29, 0.717) is 36.9 Å². The van der Waals surface area contributed by atoms with Crippen molar-refractivity contribution in [2.45, 2.75) is 64.2 Å². The molecule has 3 rings (SSSR count). The molecule has 0 spiro atoms. The maximum atomic E-state index is 12.2. The lowest BCUT2D eigenvalue weighted by molar-refractivity contribution is -0.145. The summed E-state index contributed by atoms with van der Waals surface area (Å²) >= 11 is 0. The van der Waals surface area contributed by atoms with E-state index in [2.05, 4.69) is 0 Å². The van der Waals surface area contributed by atoms with Gasteiger partial charge in [-0.15, -0.1) is 0 Å². The molecule has 2 aliphatic carbocycles. The summed E-state index contributed by atoms with van der Waals surface area (Å²) in [6.45, 7) is 1.43. The van der Waals surface area contributed by atoms with Crippen LogP contribution in [-0.2, 0) is 31.9 Å². The molecule has 0 radical (unpaired) electrons. The molecule has 6 nitrogen and oxygen atoms in total. The first-order valence-corrected chi connectivity index (χ1v) is 12.2. The summed E-state index contributed by atoms with van der Waals surface area (Å²) in [5.74, 6) is 1.17. The van der Waals surface area contributed by atoms with Gasteiger partial charge < -0.3 is 19.7 Å². The third-order valence-electron chi connectivity index (χ3n) is 7.13. The molecule has 0 aliphatic heterocycles. The highest BCUT2D eigenvalue weighted by Gasteiger charge is 2.23. The molecule has 2 saturated carbocycles. The molecule has 6 heteroatoms. The molecular formula is C26H38O6. The first-order valence-electron chi connectivity index (χ1n) is 12.2. The number of carbonyl (C=O) groups excluding carboxylic acids is 2. The first-order chi connectivity index (χ1) is 15.6. The van der Waals surface area contributed by atoms with Crippen molar-refractivity contribution >= 4 is 11.9 Å². The second kappa shape index (κ2) is 12.9. The number of hydrogen-bond donors (Lipinski definition) is 2. The Morgan fingerprint density at radius 3 is 1.25 bits per heavy atom. The molecule has 0 unspecified atom stereocenters. The van der Waals surface area contributed by atoms with Gasteiger partial charge >= 0.3 is 11.9 Å². The Hall–Kier alpha value is -1.92. The molecule has 2 aliphatic rings. The first kappa shape index (κ1) is 24.7. The average molecular weight is 447 g/mol. The molecule has 0 saturated heterocycles. The van der Waals surface area contributed by atoms with Gasteiger partial charge in [0.25, 0.3) is 0 Å². The summed E-state index contributed by atoms with van der Waals surface area (Å²) in [5.41, 5.74) is 1.74. The maximum absolute atomic E-state index is 12.2. The molecule has 178 valence electrons. The molecule has 0 bridgehead atoms. The van der Waals surface area contributed by atoms with Gasteiger partial charge in [0.2, 0.25) is 0 Å². The second-order valence-electron chi connectivity index (χ2n) is 9.67. The van der Waals surface area contributed by atoms with Crippen LogP contribution in [0.1, 0.15) is 62.5 Å². The molecule has 1 aromatic carbocycles. The van der Waals surface area contributed by atoms with E-state index in [1.807, 2.05) is 24.3 Å². The second-order valence-corrected chi connectivity index (χ2v) is 9.67. The highest BCUT2D eigenvalue weighted by molar-refractivity contribution is 5.73. The number of ether oxygens (including phenoxy) is 2. The molecule has 32 heavy (non-hydrogen) atoms. The fourth-order valence-corrected chi connectivity index (χ4v) is 4.79. The number of hydrogen-bond acceptors (Lipinski definition) is 6. The highest BCUT2D eigenvalue weighted by Crippen LogP contribution is 2.29. The number of benzene rings is 1. The number of carbonyl (C=O) groups is 2. The zero-order chi connectivity index (χ0) is 22.8. The Balaban J connectivity index is 1.32. The molecule has 0 aromatic heterocycles. The summed E-state index contributed by atoms with van der Waals surface area (Å²) in [4.78, 5) is 24.3. The van der Waals surface area contributed by atoms with Crippen LogP contribution in [0.3, 0.4) is 0 Å². The Morgan fingerprint density at radius 2 is 0.938 bits per heavy atom. The van der Waals surface area contributed by atoms with E-state index in [1.54, 1.807) is 0 Å². The van der Waals surface area contributed by atoms with Crippen LogP contribution in [0, 0.1) is 23.7 Å². The molecule has 0 heterocycles. The van der Waals surface area contributed by atoms with Crippen LogP contribution in [0.2, 0.25) is 0 Å². The predicted molar refractivity (Wildman–Crippen MR) is 121 cm³/mol. The zero-order valence-corrected chi connectivity index (χ0v) is 19.0. The van der Waals surface area contributed by atoms with E-state index in [4.69, 9.17) is 9.47 Å². The number of rotatable bonds is 10. The molecule has 2 N–H and O–H groups in total. The molecule has 0 atom stereocenters. The van der Waals surface area contributed by atoms with Crippen molar-refractivity contribution in [2.75, 3.05) is 26.4 Å². The fourth-order valence-electron chi connectivity index (χ4n) is 4.79. The van der Waals surface area contributed by atoms with E-state index >= 15 is 0 Å². The lowest BCUT2D eigenvalue weighted by Crippen LogP contribution is -2.22. The Labute approximate surface area is 191 Å². The van der Waals surface area contributed by atoms with E-state index in [0.717, 1.165) is 62.5 Å². The van der Waals surface area contributed by atoms with Crippen molar-refractivity contribution in [3.8, 4) is 0 Å². The topological polar surface area (TPSA) is 93.1 Å². The van der Waals surface area contributed by atoms with Crippen LogP contribution in [0.4, 0.5) is 0 Å². The highest BCUT2D eigenvalue weighted by atomic mass is 16.5. The van der Waals surface area contributed by atoms with Gasteiger partial charge in [-0.3, -0.25) is 9.59 Å². The monoisotopic (exact) mass is 446 g/mol. The lowest BCUT2D eigenvalue weighted by atomic mass is 9.83. The minimum Gasteiger partial charge on any atom is -0.465 e. The normalized spacial score (nSPS) is 25.8. The van der Waals surface area contributed by atoms with Crippen LogP contribution in [-0.4, -0.2) is 48.6 Å². The summed E-state index contributed by atoms with van der Waals surface area (Å²) in [5, 5.41) is 18.4. The number of aliphatic hydroxyl groups is 2. The van der Waals surface area contributed by atoms with Crippen molar-refractivity contribution < 1.29 is 29.3 Å². The van der Waals surface area contributed by atoms with E-state index in [-0.39, 0.29) is 38.0 Å². The smallest absolute Gasteiger partial charge is 0.310 e. The summed E-state index contributed by atoms with van der Waals surface area (Å²) in [6.07, 6.45) is 8.52. The molecular weight excluding hydrogens is 408 g/mol. The standard InChI is InChI=1S/C26H38O6/c27-15-21-5-9-23(10-6-21)17-31-25(29)13-19-1-2-20(4-3-19)14-26(30)32-18-24-11-7-22(16-28)8-12-24/h1-4,21-24,27-28H,5-18H2. The maximum Gasteiger partial charge on any atom is 0.310 e. The summed E-state index contributed by atoms with van der Waals surface area (Å²) < 4.78 is 10.9. The van der Waals surface area contributed by atoms with Crippen LogP contribution in [0.25, 0.3) is 0 Å². The minimum atomic E-state index is -0.225. The van der Waals surface area contributed by atoms with E-state index < -0.39 is 0 Å². The molecule has 2 fully saturated rings. The average Bonchev–Trinajstić information content (AvgIpc) is 2.83. The van der Waals surface area contributed by atoms with Gasteiger partial charge in [0.1, 0.15) is 0 Å². The molecule has 1 aromatic rings. The Morgan fingerprint density at radius 1 is 0.625 bits per heavy atom. The van der Waals surface area contributed by atoms with Gasteiger partial charge in [0.05, 0.1) is 26.1 Å². The minimum absolute atomic E-state index is 0.225. The fraction of sp³-hybridized carbons (Fsp3) is 0.692. The predicted octanol–water partition coefficient (Wildman–Crippen LogP) is 3.46. The lowest BCUT2D eigenvalue weighted by Gasteiger charge is -2.26. The van der Waals surface area contributed by atoms with Crippen molar-refractivity contribution in [3.05, 3.63) is 35.4 Å². The van der Waals surface area contributed by atoms with Crippen LogP contribution in [0.5, 0.6) is 0 Å².